The lowest BCUT2D eigenvalue weighted by molar-refractivity contribution is 0.0947. The van der Waals surface area contributed by atoms with Crippen LogP contribution in [-0.4, -0.2) is 52.0 Å². The van der Waals surface area contributed by atoms with Crippen molar-refractivity contribution in [2.45, 2.75) is 32.5 Å². The molecule has 10 heteroatoms. The minimum absolute atomic E-state index is 0.00577. The summed E-state index contributed by atoms with van der Waals surface area (Å²) >= 11 is 1.30. The van der Waals surface area contributed by atoms with E-state index in [0.29, 0.717) is 59.2 Å². The van der Waals surface area contributed by atoms with Crippen molar-refractivity contribution in [2.24, 2.45) is 0 Å². The van der Waals surface area contributed by atoms with E-state index in [1.54, 1.807) is 24.3 Å². The zero-order valence-electron chi connectivity index (χ0n) is 22.8. The van der Waals surface area contributed by atoms with Crippen molar-refractivity contribution in [2.75, 3.05) is 25.6 Å². The molecule has 0 atom stereocenters. The number of thioether (sulfide) groups is 1. The maximum atomic E-state index is 13.3. The zero-order valence-corrected chi connectivity index (χ0v) is 23.6. The third kappa shape index (κ3) is 7.01. The van der Waals surface area contributed by atoms with E-state index in [-0.39, 0.29) is 24.0 Å². The lowest BCUT2D eigenvalue weighted by Gasteiger charge is -2.17. The number of para-hydroxylation sites is 1. The van der Waals surface area contributed by atoms with E-state index in [2.05, 4.69) is 15.5 Å². The van der Waals surface area contributed by atoms with E-state index in [0.717, 1.165) is 5.69 Å². The quantitative estimate of drug-likeness (QED) is 0.162. The summed E-state index contributed by atoms with van der Waals surface area (Å²) in [6, 6.07) is 22.0. The van der Waals surface area contributed by atoms with Gasteiger partial charge in [-0.3, -0.25) is 14.2 Å². The molecule has 0 unspecified atom stereocenters. The van der Waals surface area contributed by atoms with Gasteiger partial charge in [0, 0.05) is 16.8 Å². The molecule has 208 valence electrons. The molecule has 0 fully saturated rings. The molecule has 0 radical (unpaired) electrons. The number of amides is 1. The molecule has 40 heavy (non-hydrogen) atoms. The summed E-state index contributed by atoms with van der Waals surface area (Å²) in [7, 11) is 0. The van der Waals surface area contributed by atoms with Crippen molar-refractivity contribution in [3.05, 3.63) is 89.7 Å². The van der Waals surface area contributed by atoms with Crippen LogP contribution in [0.5, 0.6) is 17.2 Å². The van der Waals surface area contributed by atoms with Crippen molar-refractivity contribution >= 4 is 23.5 Å². The number of hydrogen-bond donors (Lipinski definition) is 1. The first-order chi connectivity index (χ1) is 19.5. The molecule has 0 saturated carbocycles. The minimum Gasteiger partial charge on any atom is -0.490 e. The molecular weight excluding hydrogens is 528 g/mol. The number of carbonyl (C=O) groups excluding carboxylic acids is 2. The van der Waals surface area contributed by atoms with Crippen LogP contribution in [-0.2, 0) is 6.54 Å². The van der Waals surface area contributed by atoms with Crippen molar-refractivity contribution in [1.82, 2.24) is 20.1 Å². The Labute approximate surface area is 237 Å². The summed E-state index contributed by atoms with van der Waals surface area (Å²) in [6.45, 7) is 6.95. The second-order valence-corrected chi connectivity index (χ2v) is 9.37. The lowest BCUT2D eigenvalue weighted by atomic mass is 10.1. The Kier molecular flexibility index (Phi) is 10.2. The second-order valence-electron chi connectivity index (χ2n) is 8.43. The van der Waals surface area contributed by atoms with Crippen LogP contribution in [0, 0.1) is 0 Å². The number of nitrogens with zero attached hydrogens (tertiary/aromatic N) is 3. The number of ketones is 1. The van der Waals surface area contributed by atoms with E-state index < -0.39 is 0 Å². The molecule has 3 aromatic carbocycles. The van der Waals surface area contributed by atoms with Gasteiger partial charge >= 0.3 is 0 Å². The molecule has 0 spiro atoms. The topological polar surface area (TPSA) is 105 Å². The summed E-state index contributed by atoms with van der Waals surface area (Å²) < 4.78 is 19.1. The van der Waals surface area contributed by atoms with E-state index in [9.17, 15) is 9.59 Å². The number of aromatic nitrogens is 3. The Morgan fingerprint density at radius 2 is 1.40 bits per heavy atom. The Hall–Kier alpha value is -4.31. The maximum absolute atomic E-state index is 13.3. The third-order valence-corrected chi connectivity index (χ3v) is 6.65. The van der Waals surface area contributed by atoms with Crippen LogP contribution in [0.3, 0.4) is 0 Å². The highest BCUT2D eigenvalue weighted by Gasteiger charge is 2.20. The zero-order chi connectivity index (χ0) is 28.3. The number of ether oxygens (including phenoxy) is 3. The molecule has 0 bridgehead atoms. The van der Waals surface area contributed by atoms with Crippen molar-refractivity contribution in [3.8, 4) is 22.9 Å². The Morgan fingerprint density at radius 3 is 2.00 bits per heavy atom. The average Bonchev–Trinajstić information content (AvgIpc) is 3.40. The van der Waals surface area contributed by atoms with Crippen LogP contribution >= 0.6 is 11.8 Å². The number of rotatable bonds is 14. The van der Waals surface area contributed by atoms with Crippen LogP contribution in [0.15, 0.2) is 78.0 Å². The second kappa shape index (κ2) is 14.2. The van der Waals surface area contributed by atoms with Gasteiger partial charge in [-0.05, 0) is 45.0 Å². The fourth-order valence-electron chi connectivity index (χ4n) is 3.96. The number of hydrogen-bond acceptors (Lipinski definition) is 8. The van der Waals surface area contributed by atoms with Gasteiger partial charge in [-0.1, -0.05) is 60.3 Å². The van der Waals surface area contributed by atoms with Crippen LogP contribution in [0.2, 0.25) is 0 Å². The van der Waals surface area contributed by atoms with E-state index in [4.69, 9.17) is 14.2 Å². The Balaban J connectivity index is 1.56. The van der Waals surface area contributed by atoms with Crippen LogP contribution in [0.4, 0.5) is 0 Å². The van der Waals surface area contributed by atoms with Gasteiger partial charge in [0.2, 0.25) is 5.75 Å². The summed E-state index contributed by atoms with van der Waals surface area (Å²) in [5.74, 6) is 1.74. The smallest absolute Gasteiger partial charge is 0.251 e. The van der Waals surface area contributed by atoms with Gasteiger partial charge in [-0.25, -0.2) is 0 Å². The molecule has 1 aromatic heterocycles. The number of carbonyl (C=O) groups is 2. The van der Waals surface area contributed by atoms with Gasteiger partial charge in [0.05, 0.1) is 32.1 Å². The van der Waals surface area contributed by atoms with Gasteiger partial charge in [-0.15, -0.1) is 10.2 Å². The molecule has 9 nitrogen and oxygen atoms in total. The summed E-state index contributed by atoms with van der Waals surface area (Å²) in [4.78, 5) is 25.9. The van der Waals surface area contributed by atoms with Crippen molar-refractivity contribution < 1.29 is 23.8 Å². The Morgan fingerprint density at radius 1 is 0.800 bits per heavy atom. The molecule has 0 aliphatic heterocycles. The molecule has 4 rings (SSSR count). The van der Waals surface area contributed by atoms with Crippen LogP contribution in [0.25, 0.3) is 5.69 Å². The largest absolute Gasteiger partial charge is 0.490 e. The van der Waals surface area contributed by atoms with Gasteiger partial charge in [0.25, 0.3) is 5.91 Å². The molecule has 1 amide bonds. The fraction of sp³-hybridized carbons (Fsp3) is 0.267. The number of benzene rings is 3. The number of nitrogens with one attached hydrogen (secondary N) is 1. The summed E-state index contributed by atoms with van der Waals surface area (Å²) in [5.41, 5.74) is 1.83. The molecule has 1 N–H and O–H groups in total. The normalized spacial score (nSPS) is 10.7. The SMILES string of the molecule is CCOc1cc(C(=O)NCc2nnc(SCC(=O)c3ccccc3)n2-c2ccccc2)cc(OCC)c1OCC. The highest BCUT2D eigenvalue weighted by atomic mass is 32.2. The molecule has 0 aliphatic carbocycles. The highest BCUT2D eigenvalue weighted by Crippen LogP contribution is 2.39. The average molecular weight is 561 g/mol. The van der Waals surface area contributed by atoms with Gasteiger partial charge < -0.3 is 19.5 Å². The highest BCUT2D eigenvalue weighted by molar-refractivity contribution is 7.99. The first kappa shape index (κ1) is 28.7. The third-order valence-electron chi connectivity index (χ3n) is 5.72. The monoisotopic (exact) mass is 560 g/mol. The lowest BCUT2D eigenvalue weighted by Crippen LogP contribution is -2.25. The van der Waals surface area contributed by atoms with E-state index in [1.165, 1.54) is 11.8 Å². The van der Waals surface area contributed by atoms with Crippen molar-refractivity contribution in [1.29, 1.82) is 0 Å². The van der Waals surface area contributed by atoms with Gasteiger partial charge in [-0.2, -0.15) is 0 Å². The Bertz CT molecular complexity index is 1400. The molecule has 4 aromatic rings. The molecule has 0 aliphatic rings. The van der Waals surface area contributed by atoms with Crippen LogP contribution in [0.1, 0.15) is 47.3 Å². The predicted octanol–water partition coefficient (Wildman–Crippen LogP) is 5.37. The van der Waals surface area contributed by atoms with E-state index >= 15 is 0 Å². The van der Waals surface area contributed by atoms with Crippen LogP contribution < -0.4 is 19.5 Å². The molecule has 1 heterocycles. The predicted molar refractivity (Wildman–Crippen MR) is 154 cm³/mol. The molecule has 0 saturated heterocycles. The summed E-state index contributed by atoms with van der Waals surface area (Å²) in [6.07, 6.45) is 0. The van der Waals surface area contributed by atoms with Gasteiger partial charge in [0.15, 0.2) is 28.3 Å². The number of Topliss-reactive ketones (excluding diaryl/α,β-unsaturated/α-hetero) is 1. The van der Waals surface area contributed by atoms with Crippen molar-refractivity contribution in [3.63, 3.8) is 0 Å². The summed E-state index contributed by atoms with van der Waals surface area (Å²) in [5, 5.41) is 12.2. The first-order valence-corrected chi connectivity index (χ1v) is 14.1. The standard InChI is InChI=1S/C30H32N4O5S/c1-4-37-25-17-22(18-26(38-5-2)28(25)39-6-3)29(36)31-19-27-32-33-30(34(27)23-15-11-8-12-16-23)40-20-24(35)21-13-9-7-10-14-21/h7-18H,4-6,19-20H2,1-3H3,(H,31,36). The van der Waals surface area contributed by atoms with Gasteiger partial charge in [0.1, 0.15) is 0 Å². The maximum Gasteiger partial charge on any atom is 0.251 e. The first-order valence-electron chi connectivity index (χ1n) is 13.1. The molecular formula is C30H32N4O5S. The minimum atomic E-state index is -0.332. The fourth-order valence-corrected chi connectivity index (χ4v) is 4.83. The van der Waals surface area contributed by atoms with E-state index in [1.807, 2.05) is 73.9 Å².